The summed E-state index contributed by atoms with van der Waals surface area (Å²) in [4.78, 5) is 20.2. The van der Waals surface area contributed by atoms with Crippen LogP contribution >= 0.6 is 11.6 Å². The van der Waals surface area contributed by atoms with E-state index in [1.165, 1.54) is 31.2 Å². The highest BCUT2D eigenvalue weighted by Gasteiger charge is 2.35. The number of nitrogens with one attached hydrogen (secondary N) is 2. The van der Waals surface area contributed by atoms with Crippen LogP contribution < -0.4 is 19.5 Å². The normalized spacial score (nSPS) is 17.4. The Bertz CT molecular complexity index is 1340. The molecule has 1 aromatic carbocycles. The van der Waals surface area contributed by atoms with Crippen molar-refractivity contribution in [2.75, 3.05) is 18.9 Å². The minimum absolute atomic E-state index is 0.0787. The number of anilines is 1. The maximum absolute atomic E-state index is 13.5. The summed E-state index contributed by atoms with van der Waals surface area (Å²) in [5.74, 6) is 0.694. The highest BCUT2D eigenvalue weighted by atomic mass is 35.5. The maximum Gasteiger partial charge on any atom is 0.243 e. The summed E-state index contributed by atoms with van der Waals surface area (Å²) in [7, 11) is -1.05. The molecular formula is C22H26ClN7O5S. The van der Waals surface area contributed by atoms with E-state index in [-0.39, 0.29) is 11.9 Å². The third-order valence-corrected chi connectivity index (χ3v) is 8.14. The SMILES string of the molecule is COc1cccc(OC)c1-n1c(NS(=O)(=O)[C@@H](C)[C@H](C)c2ncc(Cl)cn2)nnc1[C@@H]1CCC(=O)N1. The molecule has 3 atom stereocenters. The summed E-state index contributed by atoms with van der Waals surface area (Å²) in [6.45, 7) is 3.26. The molecule has 1 amide bonds. The van der Waals surface area contributed by atoms with E-state index in [4.69, 9.17) is 21.1 Å². The Morgan fingerprint density at radius 3 is 2.33 bits per heavy atom. The number of para-hydroxylation sites is 1. The van der Waals surface area contributed by atoms with Crippen LogP contribution in [0.4, 0.5) is 5.95 Å². The number of carbonyl (C=O) groups excluding carboxylic acids is 1. The first kappa shape index (κ1) is 25.6. The van der Waals surface area contributed by atoms with Crippen molar-refractivity contribution < 1.29 is 22.7 Å². The molecule has 12 nitrogen and oxygen atoms in total. The van der Waals surface area contributed by atoms with Gasteiger partial charge in [-0.2, -0.15) is 0 Å². The summed E-state index contributed by atoms with van der Waals surface area (Å²) in [6, 6.07) is 4.67. The Morgan fingerprint density at radius 2 is 1.78 bits per heavy atom. The molecule has 1 saturated heterocycles. The molecule has 2 N–H and O–H groups in total. The number of ether oxygens (including phenoxy) is 2. The Morgan fingerprint density at radius 1 is 1.14 bits per heavy atom. The summed E-state index contributed by atoms with van der Waals surface area (Å²) < 4.78 is 42.0. The average molecular weight is 536 g/mol. The molecule has 0 unspecified atom stereocenters. The van der Waals surface area contributed by atoms with Gasteiger partial charge in [0.2, 0.25) is 21.9 Å². The third kappa shape index (κ3) is 4.93. The van der Waals surface area contributed by atoms with Crippen molar-refractivity contribution in [1.29, 1.82) is 0 Å². The van der Waals surface area contributed by atoms with E-state index in [1.54, 1.807) is 32.0 Å². The number of methoxy groups -OCH3 is 2. The fourth-order valence-corrected chi connectivity index (χ4v) is 5.25. The van der Waals surface area contributed by atoms with E-state index >= 15 is 0 Å². The second-order valence-electron chi connectivity index (χ2n) is 8.29. The lowest BCUT2D eigenvalue weighted by atomic mass is 10.1. The second kappa shape index (κ2) is 10.3. The molecule has 1 aliphatic heterocycles. The van der Waals surface area contributed by atoms with Crippen LogP contribution in [0, 0.1) is 0 Å². The van der Waals surface area contributed by atoms with Crippen molar-refractivity contribution in [3.8, 4) is 17.2 Å². The van der Waals surface area contributed by atoms with Gasteiger partial charge in [-0.05, 0) is 25.5 Å². The first-order chi connectivity index (χ1) is 17.2. The van der Waals surface area contributed by atoms with Gasteiger partial charge in [-0.25, -0.2) is 18.4 Å². The van der Waals surface area contributed by atoms with E-state index in [2.05, 4.69) is 30.2 Å². The number of benzene rings is 1. The largest absolute Gasteiger partial charge is 0.494 e. The lowest BCUT2D eigenvalue weighted by Crippen LogP contribution is -2.31. The van der Waals surface area contributed by atoms with Crippen LogP contribution in [-0.4, -0.2) is 58.5 Å². The Kier molecular flexibility index (Phi) is 7.31. The molecule has 3 aromatic rings. The van der Waals surface area contributed by atoms with Crippen molar-refractivity contribution in [3.63, 3.8) is 0 Å². The monoisotopic (exact) mass is 535 g/mol. The minimum Gasteiger partial charge on any atom is -0.494 e. The van der Waals surface area contributed by atoms with Crippen LogP contribution in [0.15, 0.2) is 30.6 Å². The van der Waals surface area contributed by atoms with Crippen molar-refractivity contribution in [3.05, 3.63) is 47.3 Å². The number of halogens is 1. The first-order valence-corrected chi connectivity index (χ1v) is 13.0. The Balaban J connectivity index is 1.77. The van der Waals surface area contributed by atoms with Crippen molar-refractivity contribution in [1.82, 2.24) is 30.0 Å². The zero-order chi connectivity index (χ0) is 26.0. The predicted octanol–water partition coefficient (Wildman–Crippen LogP) is 2.61. The molecule has 1 fully saturated rings. The van der Waals surface area contributed by atoms with Crippen LogP contribution in [0.2, 0.25) is 5.02 Å². The molecule has 192 valence electrons. The quantitative estimate of drug-likeness (QED) is 0.421. The predicted molar refractivity (Wildman–Crippen MR) is 132 cm³/mol. The highest BCUT2D eigenvalue weighted by molar-refractivity contribution is 7.93. The smallest absolute Gasteiger partial charge is 0.243 e. The molecule has 3 heterocycles. The fourth-order valence-electron chi connectivity index (χ4n) is 3.92. The minimum atomic E-state index is -4.02. The van der Waals surface area contributed by atoms with Gasteiger partial charge in [0.15, 0.2) is 5.82 Å². The third-order valence-electron chi connectivity index (χ3n) is 6.10. The number of hydrogen-bond acceptors (Lipinski definition) is 9. The van der Waals surface area contributed by atoms with E-state index in [9.17, 15) is 13.2 Å². The Labute approximate surface area is 213 Å². The topological polar surface area (TPSA) is 150 Å². The Hall–Kier alpha value is -3.45. The van der Waals surface area contributed by atoms with Crippen molar-refractivity contribution in [2.24, 2.45) is 0 Å². The van der Waals surface area contributed by atoms with Gasteiger partial charge in [0.05, 0.1) is 30.5 Å². The van der Waals surface area contributed by atoms with Gasteiger partial charge in [-0.15, -0.1) is 10.2 Å². The van der Waals surface area contributed by atoms with Gasteiger partial charge in [0.25, 0.3) is 0 Å². The summed E-state index contributed by atoms with van der Waals surface area (Å²) in [5, 5.41) is 10.6. The average Bonchev–Trinajstić information content (AvgIpc) is 3.48. The number of amides is 1. The molecule has 0 spiro atoms. The number of aromatic nitrogens is 5. The standard InChI is InChI=1S/C22H26ClN7O5S/c1-12(20-24-10-14(23)11-25-20)13(2)36(32,33)29-22-28-27-21(15-8-9-18(31)26-15)30(22)19-16(34-3)6-5-7-17(19)35-4/h5-7,10-13,15H,8-9H2,1-4H3,(H,26,31)(H,28,29)/t12-,13-,15-/m0/s1. The van der Waals surface area contributed by atoms with Crippen molar-refractivity contribution >= 4 is 33.5 Å². The van der Waals surface area contributed by atoms with Crippen LogP contribution in [-0.2, 0) is 14.8 Å². The molecule has 0 radical (unpaired) electrons. The molecule has 36 heavy (non-hydrogen) atoms. The summed E-state index contributed by atoms with van der Waals surface area (Å²) in [6.07, 6.45) is 3.62. The number of sulfonamides is 1. The maximum atomic E-state index is 13.5. The van der Waals surface area contributed by atoms with Gasteiger partial charge >= 0.3 is 0 Å². The van der Waals surface area contributed by atoms with E-state index < -0.39 is 27.2 Å². The number of rotatable bonds is 9. The molecule has 0 bridgehead atoms. The highest BCUT2D eigenvalue weighted by Crippen LogP contribution is 2.38. The summed E-state index contributed by atoms with van der Waals surface area (Å²) in [5.41, 5.74) is 0.392. The lowest BCUT2D eigenvalue weighted by Gasteiger charge is -2.22. The lowest BCUT2D eigenvalue weighted by molar-refractivity contribution is -0.119. The summed E-state index contributed by atoms with van der Waals surface area (Å²) >= 11 is 5.86. The second-order valence-corrected chi connectivity index (χ2v) is 10.8. The van der Waals surface area contributed by atoms with Gasteiger partial charge in [0, 0.05) is 24.7 Å². The fraction of sp³-hybridized carbons (Fsp3) is 0.409. The molecule has 1 aliphatic rings. The van der Waals surface area contributed by atoms with E-state index in [1.807, 2.05) is 0 Å². The van der Waals surface area contributed by atoms with Gasteiger partial charge in [-0.1, -0.05) is 24.6 Å². The van der Waals surface area contributed by atoms with E-state index in [0.717, 1.165) is 0 Å². The van der Waals surface area contributed by atoms with Crippen molar-refractivity contribution in [2.45, 2.75) is 43.9 Å². The van der Waals surface area contributed by atoms with Crippen LogP contribution in [0.3, 0.4) is 0 Å². The molecule has 0 saturated carbocycles. The first-order valence-electron chi connectivity index (χ1n) is 11.1. The number of nitrogens with zero attached hydrogens (tertiary/aromatic N) is 5. The zero-order valence-corrected chi connectivity index (χ0v) is 21.7. The molecule has 2 aromatic heterocycles. The molecule has 4 rings (SSSR count). The van der Waals surface area contributed by atoms with Gasteiger partial charge in [0.1, 0.15) is 23.0 Å². The molecular weight excluding hydrogens is 510 g/mol. The van der Waals surface area contributed by atoms with Crippen LogP contribution in [0.5, 0.6) is 11.5 Å². The van der Waals surface area contributed by atoms with Crippen LogP contribution in [0.25, 0.3) is 5.69 Å². The number of carbonyl (C=O) groups is 1. The van der Waals surface area contributed by atoms with Gasteiger partial charge < -0.3 is 14.8 Å². The van der Waals surface area contributed by atoms with E-state index in [0.29, 0.717) is 46.7 Å². The van der Waals surface area contributed by atoms with Gasteiger partial charge in [-0.3, -0.25) is 14.1 Å². The molecule has 14 heteroatoms. The number of hydrogen-bond donors (Lipinski definition) is 2. The van der Waals surface area contributed by atoms with Crippen LogP contribution in [0.1, 0.15) is 50.3 Å². The molecule has 0 aliphatic carbocycles. The zero-order valence-electron chi connectivity index (χ0n) is 20.1.